The molecule has 0 aromatic heterocycles. The van der Waals surface area contributed by atoms with E-state index >= 15 is 0 Å². The van der Waals surface area contributed by atoms with Gasteiger partial charge in [0.05, 0.1) is 19.8 Å². The van der Waals surface area contributed by atoms with Crippen molar-refractivity contribution >= 4 is 17.7 Å². The summed E-state index contributed by atoms with van der Waals surface area (Å²) in [4.78, 5) is 35.2. The van der Waals surface area contributed by atoms with Crippen LogP contribution in [-0.4, -0.2) is 31.9 Å². The van der Waals surface area contributed by atoms with E-state index < -0.39 is 11.9 Å². The first-order chi connectivity index (χ1) is 13.3. The molecule has 2 rings (SSSR count). The van der Waals surface area contributed by atoms with E-state index in [9.17, 15) is 14.4 Å². The Labute approximate surface area is 163 Å². The third-order valence-electron chi connectivity index (χ3n) is 3.88. The van der Waals surface area contributed by atoms with E-state index in [4.69, 9.17) is 18.9 Å². The third-order valence-corrected chi connectivity index (χ3v) is 3.88. The van der Waals surface area contributed by atoms with Crippen molar-refractivity contribution in [3.8, 4) is 23.0 Å². The summed E-state index contributed by atoms with van der Waals surface area (Å²) in [5.41, 5.74) is 1.08. The Morgan fingerprint density at radius 2 is 1.43 bits per heavy atom. The minimum absolute atomic E-state index is 0.0537. The third kappa shape index (κ3) is 5.57. The number of benzene rings is 2. The average Bonchev–Trinajstić information content (AvgIpc) is 2.65. The number of rotatable bonds is 8. The maximum atomic E-state index is 12.7. The van der Waals surface area contributed by atoms with Crippen molar-refractivity contribution in [1.82, 2.24) is 0 Å². The maximum Gasteiger partial charge on any atom is 0.308 e. The molecule has 0 aliphatic heterocycles. The van der Waals surface area contributed by atoms with E-state index in [1.54, 1.807) is 26.4 Å². The van der Waals surface area contributed by atoms with Crippen LogP contribution in [-0.2, 0) is 16.0 Å². The zero-order valence-electron chi connectivity index (χ0n) is 16.2. The van der Waals surface area contributed by atoms with Gasteiger partial charge in [0.2, 0.25) is 0 Å². The summed E-state index contributed by atoms with van der Waals surface area (Å²) in [6.45, 7) is 2.49. The van der Waals surface area contributed by atoms with E-state index in [2.05, 4.69) is 0 Å². The van der Waals surface area contributed by atoms with Crippen molar-refractivity contribution in [3.63, 3.8) is 0 Å². The van der Waals surface area contributed by atoms with Crippen LogP contribution >= 0.6 is 0 Å². The lowest BCUT2D eigenvalue weighted by Gasteiger charge is -2.12. The zero-order valence-corrected chi connectivity index (χ0v) is 16.2. The smallest absolute Gasteiger partial charge is 0.308 e. The number of ketones is 1. The summed E-state index contributed by atoms with van der Waals surface area (Å²) in [6.07, 6.45) is 0.598. The number of carbonyl (C=O) groups is 3. The predicted molar refractivity (Wildman–Crippen MR) is 101 cm³/mol. The van der Waals surface area contributed by atoms with Gasteiger partial charge in [-0.2, -0.15) is 0 Å². The summed E-state index contributed by atoms with van der Waals surface area (Å²) >= 11 is 0. The van der Waals surface area contributed by atoms with Crippen LogP contribution < -0.4 is 18.9 Å². The molecule has 0 heterocycles. The van der Waals surface area contributed by atoms with E-state index in [0.717, 1.165) is 5.56 Å². The van der Waals surface area contributed by atoms with Gasteiger partial charge in [0, 0.05) is 32.4 Å². The number of hydrogen-bond acceptors (Lipinski definition) is 7. The second-order valence-corrected chi connectivity index (χ2v) is 5.95. The molecule has 0 spiro atoms. The van der Waals surface area contributed by atoms with Crippen LogP contribution in [0.2, 0.25) is 0 Å². The van der Waals surface area contributed by atoms with Crippen LogP contribution in [0, 0.1) is 0 Å². The Kier molecular flexibility index (Phi) is 7.14. The molecule has 0 saturated heterocycles. The number of methoxy groups -OCH3 is 2. The van der Waals surface area contributed by atoms with Gasteiger partial charge in [-0.1, -0.05) is 6.07 Å². The van der Waals surface area contributed by atoms with Crippen LogP contribution in [0.15, 0.2) is 36.4 Å². The highest BCUT2D eigenvalue weighted by atomic mass is 16.5. The molecule has 7 nitrogen and oxygen atoms in total. The fraction of sp³-hybridized carbons (Fsp3) is 0.286. The van der Waals surface area contributed by atoms with Crippen molar-refractivity contribution < 1.29 is 33.3 Å². The van der Waals surface area contributed by atoms with E-state index in [-0.39, 0.29) is 29.3 Å². The zero-order chi connectivity index (χ0) is 20.7. The molecule has 0 N–H and O–H groups in total. The number of Topliss-reactive ketones (excluding diaryl/α,β-unsaturated/α-hetero) is 1. The molecule has 0 aliphatic carbocycles. The molecule has 2 aromatic rings. The van der Waals surface area contributed by atoms with Gasteiger partial charge in [-0.25, -0.2) is 0 Å². The number of carbonyl (C=O) groups excluding carboxylic acids is 3. The number of ether oxygens (including phenoxy) is 4. The van der Waals surface area contributed by atoms with Gasteiger partial charge in [0.1, 0.15) is 23.0 Å². The highest BCUT2D eigenvalue weighted by Crippen LogP contribution is 2.29. The van der Waals surface area contributed by atoms with Gasteiger partial charge in [-0.15, -0.1) is 0 Å². The van der Waals surface area contributed by atoms with Gasteiger partial charge >= 0.3 is 11.9 Å². The summed E-state index contributed by atoms with van der Waals surface area (Å²) in [5.74, 6) is 0.214. The first-order valence-electron chi connectivity index (χ1n) is 8.59. The molecule has 148 valence electrons. The normalized spacial score (nSPS) is 10.1. The van der Waals surface area contributed by atoms with E-state index in [1.165, 1.54) is 32.0 Å². The summed E-state index contributed by atoms with van der Waals surface area (Å²) in [7, 11) is 3.11. The van der Waals surface area contributed by atoms with Gasteiger partial charge in [-0.3, -0.25) is 14.4 Å². The van der Waals surface area contributed by atoms with Crippen molar-refractivity contribution in [2.45, 2.75) is 26.7 Å². The number of aryl methyl sites for hydroxylation is 1. The predicted octanol–water partition coefficient (Wildman–Crippen LogP) is 3.37. The number of hydrogen-bond donors (Lipinski definition) is 0. The Morgan fingerprint density at radius 1 is 0.786 bits per heavy atom. The second kappa shape index (κ2) is 9.55. The molecular formula is C21H22O7. The van der Waals surface area contributed by atoms with Crippen LogP contribution in [0.4, 0.5) is 0 Å². The minimum Gasteiger partial charge on any atom is -0.497 e. The lowest BCUT2D eigenvalue weighted by molar-refractivity contribution is -0.132. The Balaban J connectivity index is 2.21. The average molecular weight is 386 g/mol. The minimum atomic E-state index is -0.578. The van der Waals surface area contributed by atoms with Gasteiger partial charge in [-0.05, 0) is 30.2 Å². The molecule has 0 radical (unpaired) electrons. The first-order valence-corrected chi connectivity index (χ1v) is 8.59. The quantitative estimate of drug-likeness (QED) is 0.390. The molecule has 7 heteroatoms. The lowest BCUT2D eigenvalue weighted by atomic mass is 10.0. The molecular weight excluding hydrogens is 364 g/mol. The van der Waals surface area contributed by atoms with Crippen molar-refractivity contribution in [1.29, 1.82) is 0 Å². The van der Waals surface area contributed by atoms with Crippen LogP contribution in [0.5, 0.6) is 23.0 Å². The van der Waals surface area contributed by atoms with Crippen molar-refractivity contribution in [3.05, 3.63) is 47.5 Å². The van der Waals surface area contributed by atoms with Crippen LogP contribution in [0.25, 0.3) is 0 Å². The van der Waals surface area contributed by atoms with Gasteiger partial charge in [0.25, 0.3) is 0 Å². The standard InChI is InChI=1S/C21H22O7/c1-13(22)27-17-8-9-18(21(12-17)28-14(2)23)19(24)10-6-15-5-7-16(25-3)11-20(15)26-4/h5,7-9,11-12H,6,10H2,1-4H3. The van der Waals surface area contributed by atoms with E-state index in [0.29, 0.717) is 17.9 Å². The molecule has 0 unspecified atom stereocenters. The van der Waals surface area contributed by atoms with E-state index in [1.807, 2.05) is 6.07 Å². The lowest BCUT2D eigenvalue weighted by Crippen LogP contribution is -2.10. The molecule has 28 heavy (non-hydrogen) atoms. The summed E-state index contributed by atoms with van der Waals surface area (Å²) < 4.78 is 20.6. The summed E-state index contributed by atoms with van der Waals surface area (Å²) in [6, 6.07) is 9.68. The highest BCUT2D eigenvalue weighted by molar-refractivity contribution is 5.99. The second-order valence-electron chi connectivity index (χ2n) is 5.95. The summed E-state index contributed by atoms with van der Waals surface area (Å²) in [5, 5.41) is 0. The molecule has 0 aliphatic rings. The van der Waals surface area contributed by atoms with Crippen molar-refractivity contribution in [2.24, 2.45) is 0 Å². The number of esters is 2. The monoisotopic (exact) mass is 386 g/mol. The van der Waals surface area contributed by atoms with Crippen LogP contribution in [0.1, 0.15) is 36.2 Å². The molecule has 2 aromatic carbocycles. The molecule has 0 saturated carbocycles. The molecule has 0 atom stereocenters. The van der Waals surface area contributed by atoms with Gasteiger partial charge in [0.15, 0.2) is 5.78 Å². The maximum absolute atomic E-state index is 12.7. The molecule has 0 amide bonds. The highest BCUT2D eigenvalue weighted by Gasteiger charge is 2.17. The SMILES string of the molecule is COc1ccc(CCC(=O)c2ccc(OC(C)=O)cc2OC(C)=O)c(OC)c1. The van der Waals surface area contributed by atoms with Crippen molar-refractivity contribution in [2.75, 3.05) is 14.2 Å². The fourth-order valence-corrected chi connectivity index (χ4v) is 2.64. The Morgan fingerprint density at radius 3 is 2.04 bits per heavy atom. The van der Waals surface area contributed by atoms with Gasteiger partial charge < -0.3 is 18.9 Å². The fourth-order valence-electron chi connectivity index (χ4n) is 2.64. The topological polar surface area (TPSA) is 88.1 Å². The Hall–Kier alpha value is -3.35. The first kappa shape index (κ1) is 21.0. The molecule has 0 fully saturated rings. The van der Waals surface area contributed by atoms with Crippen LogP contribution in [0.3, 0.4) is 0 Å². The Bertz CT molecular complexity index is 886. The molecule has 0 bridgehead atoms. The largest absolute Gasteiger partial charge is 0.497 e.